The summed E-state index contributed by atoms with van der Waals surface area (Å²) in [5, 5.41) is 110. The number of hydrogen-bond acceptors (Lipinski definition) is 26. The number of carbonyl (C=O) groups excluding carboxylic acids is 12. The van der Waals surface area contributed by atoms with E-state index in [0.29, 0.717) is 31.4 Å². The highest BCUT2D eigenvalue weighted by Crippen LogP contribution is 2.34. The second-order valence-electron chi connectivity index (χ2n) is 31.9. The summed E-state index contributed by atoms with van der Waals surface area (Å²) >= 11 is 0. The number of anilines is 1. The Morgan fingerprint density at radius 2 is 1.26 bits per heavy atom. The Morgan fingerprint density at radius 3 is 1.81 bits per heavy atom. The average Bonchev–Trinajstić information content (AvgIpc) is 0.940. The Morgan fingerprint density at radius 1 is 0.642 bits per heavy atom. The number of nitrogens with two attached hydrogens (primary N) is 1. The Balaban J connectivity index is 1.49. The van der Waals surface area contributed by atoms with Gasteiger partial charge >= 0.3 is 18.1 Å². The molecule has 0 bridgehead atoms. The number of ether oxygens (including phenoxy) is 6. The van der Waals surface area contributed by atoms with Crippen LogP contribution in [0.2, 0.25) is 0 Å². The number of nitrogens with one attached hydrogen (secondary N) is 9. The van der Waals surface area contributed by atoms with E-state index in [1.54, 1.807) is 84.6 Å². The van der Waals surface area contributed by atoms with Crippen LogP contribution in [0.3, 0.4) is 0 Å². The van der Waals surface area contributed by atoms with Gasteiger partial charge in [0.1, 0.15) is 78.9 Å². The molecule has 3 aliphatic heterocycles. The fourth-order valence-electron chi connectivity index (χ4n) is 15.1. The van der Waals surface area contributed by atoms with Gasteiger partial charge in [-0.05, 0) is 80.4 Å². The monoisotopic (exact) mass is 1700 g/mol. The van der Waals surface area contributed by atoms with Crippen LogP contribution in [0.5, 0.6) is 0 Å². The van der Waals surface area contributed by atoms with E-state index in [4.69, 9.17) is 34.2 Å². The minimum atomic E-state index is -2.20. The molecule has 3 fully saturated rings. The average molecular weight is 1700 g/mol. The number of nitrogens with zero attached hydrogens (tertiary/aromatic N) is 3. The van der Waals surface area contributed by atoms with E-state index in [0.717, 1.165) is 18.7 Å². The minimum absolute atomic E-state index is 0.0253. The molecule has 19 N–H and O–H groups in total. The molecule has 13 amide bonds. The molecule has 3 heterocycles. The van der Waals surface area contributed by atoms with Gasteiger partial charge in [0, 0.05) is 72.9 Å². The zero-order valence-corrected chi connectivity index (χ0v) is 71.0. The van der Waals surface area contributed by atoms with Crippen LogP contribution < -0.4 is 53.6 Å². The molecule has 40 nitrogen and oxygen atoms in total. The van der Waals surface area contributed by atoms with Crippen molar-refractivity contribution in [3.05, 3.63) is 65.7 Å². The second-order valence-corrected chi connectivity index (χ2v) is 31.9. The lowest BCUT2D eigenvalue weighted by atomic mass is 9.89. The number of urea groups is 1. The summed E-state index contributed by atoms with van der Waals surface area (Å²) in [6.45, 7) is 17.3. The van der Waals surface area contributed by atoms with Crippen LogP contribution in [0.25, 0.3) is 0 Å². The van der Waals surface area contributed by atoms with Gasteiger partial charge in [0.2, 0.25) is 59.3 Å². The van der Waals surface area contributed by atoms with Crippen molar-refractivity contribution in [3.8, 4) is 0 Å². The fraction of sp³-hybridized carbons (Fsp3) is 0.688. The zero-order valence-electron chi connectivity index (χ0n) is 71.0. The molecular weight excluding hydrogens is 1570 g/mol. The van der Waals surface area contributed by atoms with Crippen LogP contribution >= 0.6 is 0 Å². The van der Waals surface area contributed by atoms with Crippen molar-refractivity contribution >= 4 is 82.9 Å². The lowest BCUT2D eigenvalue weighted by molar-refractivity contribution is -0.327. The Kier molecular flexibility index (Phi) is 40.3. The number of likely N-dealkylation sites (tertiary alicyclic amines) is 1. The number of primary amides is 1. The maximum atomic E-state index is 15.3. The van der Waals surface area contributed by atoms with Crippen LogP contribution in [-0.2, 0) is 81.2 Å². The molecule has 1 unspecified atom stereocenters. The summed E-state index contributed by atoms with van der Waals surface area (Å²) in [6, 6.07) is 0.129. The SMILES string of the molecule is CC[C@H](C)[C@@H]([C@@H](CC(=O)N1CCC[C@H]1[C@H](OC)[C@@H](C)C(=O)N[C@H](C)[C@@H](O)c1ccccc1)OC)N(C)C(=O)[C@@H](NC(=O)[C@H](C(C)C)N(C)C(=O)OC(C(=O)N[C@H]1[C@H](O[C@H]2[C@H](O)[C@@H](NC(C)=O)[C@H](O)O[C@@H]2CO)O[C@H](CO)[C@@H](O)[C@@H]1O)c1ccc(NC(=O)[C@H](CCCNC(N)=O)NC(=O)[C@@H](NC(=O)[C@H](CCC(=O)O)NC(C)=O)C(C)C)cc1)C(C)C. The number of amides is 13. The molecule has 0 radical (unpaired) electrons. The minimum Gasteiger partial charge on any atom is -0.481 e. The number of carbonyl (C=O) groups is 13. The lowest BCUT2D eigenvalue weighted by Crippen LogP contribution is -2.69. The Labute approximate surface area is 698 Å². The standard InChI is InChI=1S/C80H127N13O27/c1-17-41(8)62(52(115-15)35-55(98)93-34-22-26-51(93)67(116-16)42(9)70(105)83-43(10)63(101)46-23-19-18-20-24-46)91(13)76(111)58(39(4)5)89-74(109)61(40(6)7)92(14)80(114)120-68(75(110)90-60-65(103)64(102)53(36-94)118-78(60)119-69-54(37-95)117-77(112)59(66(69)104)85-45(12)97)47-27-29-48(30-28-47)86-71(106)49(25-21-33-82-79(81)113)87-73(108)57(38(2)3)88-72(107)50(84-44(11)96)31-32-56(99)100/h18-20,23-24,27-30,38-43,49-54,57-69,77-78,94-95,101-104,112H,17,21-22,25-26,31-37H2,1-16H3,(H,83,105)(H,84,96)(H,85,97)(H,86,106)(H,87,108)(H,88,107)(H,89,109)(H,90,110)(H,99,100)(H3,81,82,113)/t41-,42+,43+,49-,50-,51-,52+,53+,54+,57-,58-,59+,60+,61-,62-,63+,64+,65+,66+,67+,68?,69+,77+,78-/m0/s1. The number of carboxylic acids is 1. The van der Waals surface area contributed by atoms with Crippen molar-refractivity contribution in [3.63, 3.8) is 0 Å². The van der Waals surface area contributed by atoms with Gasteiger partial charge < -0.3 is 133 Å². The number of aliphatic carboxylic acids is 1. The summed E-state index contributed by atoms with van der Waals surface area (Å²) in [7, 11) is 5.57. The van der Waals surface area contributed by atoms with Gasteiger partial charge in [0.15, 0.2) is 12.6 Å². The highest BCUT2D eigenvalue weighted by atomic mass is 16.7. The Bertz CT molecular complexity index is 3740. The van der Waals surface area contributed by atoms with E-state index in [1.165, 1.54) is 57.5 Å². The molecule has 3 aliphatic rings. The molecule has 120 heavy (non-hydrogen) atoms. The molecule has 5 rings (SSSR count). The number of rotatable bonds is 44. The molecule has 0 aliphatic carbocycles. The van der Waals surface area contributed by atoms with Crippen molar-refractivity contribution in [2.45, 2.75) is 268 Å². The van der Waals surface area contributed by atoms with Gasteiger partial charge in [-0.2, -0.15) is 0 Å². The van der Waals surface area contributed by atoms with Crippen molar-refractivity contribution < 1.29 is 132 Å². The van der Waals surface area contributed by atoms with Gasteiger partial charge in [-0.15, -0.1) is 0 Å². The normalized spacial score (nSPS) is 23.7. The fourth-order valence-corrected chi connectivity index (χ4v) is 15.1. The first-order valence-corrected chi connectivity index (χ1v) is 40.4. The van der Waals surface area contributed by atoms with E-state index < -0.39 is 249 Å². The van der Waals surface area contributed by atoms with Crippen LogP contribution in [-0.4, -0.2) is 309 Å². The summed E-state index contributed by atoms with van der Waals surface area (Å²) in [5.41, 5.74) is 5.63. The number of hydrogen-bond donors (Lipinski definition) is 18. The molecule has 3 saturated heterocycles. The number of aliphatic hydroxyl groups excluding tert-OH is 7. The highest BCUT2D eigenvalue weighted by molar-refractivity contribution is 5.99. The predicted molar refractivity (Wildman–Crippen MR) is 429 cm³/mol. The van der Waals surface area contributed by atoms with Gasteiger partial charge in [-0.25, -0.2) is 9.59 Å². The topological polar surface area (TPSA) is 583 Å². The number of methoxy groups -OCH3 is 2. The molecule has 674 valence electrons. The summed E-state index contributed by atoms with van der Waals surface area (Å²) in [5.74, 6) is -12.2. The second kappa shape index (κ2) is 47.8. The van der Waals surface area contributed by atoms with Gasteiger partial charge in [-0.3, -0.25) is 57.6 Å². The molecule has 24 atom stereocenters. The maximum absolute atomic E-state index is 15.3. The number of aliphatic hydroxyl groups is 7. The van der Waals surface area contributed by atoms with Gasteiger partial charge in [0.25, 0.3) is 5.91 Å². The molecule has 40 heteroatoms. The van der Waals surface area contributed by atoms with Crippen molar-refractivity contribution in [1.29, 1.82) is 0 Å². The molecule has 2 aromatic rings. The van der Waals surface area contributed by atoms with E-state index in [9.17, 15) is 84.0 Å². The van der Waals surface area contributed by atoms with Gasteiger partial charge in [0.05, 0.1) is 62.0 Å². The van der Waals surface area contributed by atoms with Crippen molar-refractivity contribution in [2.24, 2.45) is 35.3 Å². The van der Waals surface area contributed by atoms with Crippen molar-refractivity contribution in [2.75, 3.05) is 59.9 Å². The molecular formula is C80H127N13O27. The van der Waals surface area contributed by atoms with Crippen LogP contribution in [0.4, 0.5) is 15.3 Å². The maximum Gasteiger partial charge on any atom is 0.411 e. The highest BCUT2D eigenvalue weighted by Gasteiger charge is 2.53. The summed E-state index contributed by atoms with van der Waals surface area (Å²) < 4.78 is 35.6. The quantitative estimate of drug-likeness (QED) is 0.0332. The number of likely N-dealkylation sites (N-methyl/N-ethyl adjacent to an activating group) is 2. The molecule has 0 aromatic heterocycles. The largest absolute Gasteiger partial charge is 0.481 e. The van der Waals surface area contributed by atoms with E-state index in [2.05, 4.69) is 47.9 Å². The third-order valence-electron chi connectivity index (χ3n) is 21.9. The van der Waals surface area contributed by atoms with Gasteiger partial charge in [-0.1, -0.05) is 111 Å². The first-order valence-electron chi connectivity index (χ1n) is 40.4. The van der Waals surface area contributed by atoms with E-state index in [-0.39, 0.29) is 55.3 Å². The number of carboxylic acid groups (broad SMARTS) is 1. The lowest BCUT2D eigenvalue weighted by Gasteiger charge is -2.47. The first-order chi connectivity index (χ1) is 56.5. The van der Waals surface area contributed by atoms with E-state index in [1.807, 2.05) is 19.9 Å². The van der Waals surface area contributed by atoms with Crippen LogP contribution in [0, 0.1) is 29.6 Å². The molecule has 2 aromatic carbocycles. The van der Waals surface area contributed by atoms with Crippen molar-refractivity contribution in [1.82, 2.24) is 57.2 Å². The smallest absolute Gasteiger partial charge is 0.411 e. The Hall–Kier alpha value is -9.33. The summed E-state index contributed by atoms with van der Waals surface area (Å²) in [6.07, 6.45) is -21.1. The number of benzene rings is 2. The molecule has 0 spiro atoms. The first kappa shape index (κ1) is 101. The third-order valence-corrected chi connectivity index (χ3v) is 21.9. The summed E-state index contributed by atoms with van der Waals surface area (Å²) in [4.78, 5) is 183. The zero-order chi connectivity index (χ0) is 90.0. The third kappa shape index (κ3) is 27.9. The molecule has 0 saturated carbocycles. The van der Waals surface area contributed by atoms with Crippen LogP contribution in [0.15, 0.2) is 54.6 Å². The van der Waals surface area contributed by atoms with E-state index >= 15 is 19.2 Å². The van der Waals surface area contributed by atoms with Crippen LogP contribution in [0.1, 0.15) is 158 Å². The predicted octanol–water partition coefficient (Wildman–Crippen LogP) is -1.61.